The van der Waals surface area contributed by atoms with Gasteiger partial charge in [0, 0.05) is 12.1 Å². The molecule has 1 amide bonds. The number of pyridine rings is 1. The molecule has 0 atom stereocenters. The van der Waals surface area contributed by atoms with Crippen LogP contribution >= 0.6 is 11.3 Å². The molecule has 2 aromatic rings. The number of anilines is 1. The molecule has 0 aliphatic heterocycles. The molecule has 0 aliphatic carbocycles. The lowest BCUT2D eigenvalue weighted by Crippen LogP contribution is -2.25. The van der Waals surface area contributed by atoms with E-state index in [9.17, 15) is 24.4 Å². The topological polar surface area (TPSA) is 126 Å². The molecular formula is C18H18N2O7S. The largest absolute Gasteiger partial charge is 0.619 e. The average Bonchev–Trinajstić information content (AvgIpc) is 2.96. The SMILES string of the molecule is CCOC(=O)c1c(NC(=O)COC(=O)c2cc[n+]([O-])cc2)sc(C(C)=O)c1C. The number of nitrogens with one attached hydrogen (secondary N) is 1. The second kappa shape index (κ2) is 9.09. The summed E-state index contributed by atoms with van der Waals surface area (Å²) in [4.78, 5) is 48.3. The van der Waals surface area contributed by atoms with Crippen molar-refractivity contribution >= 4 is 40.0 Å². The molecule has 0 unspecified atom stereocenters. The maximum absolute atomic E-state index is 12.2. The third-order valence-corrected chi connectivity index (χ3v) is 4.88. The first kappa shape index (κ1) is 21.0. The van der Waals surface area contributed by atoms with Gasteiger partial charge in [-0.15, -0.1) is 11.3 Å². The summed E-state index contributed by atoms with van der Waals surface area (Å²) >= 11 is 0.949. The highest BCUT2D eigenvalue weighted by atomic mass is 32.1. The molecule has 0 spiro atoms. The van der Waals surface area contributed by atoms with Crippen LogP contribution in [0, 0.1) is 12.1 Å². The molecule has 148 valence electrons. The van der Waals surface area contributed by atoms with Gasteiger partial charge in [-0.2, -0.15) is 4.73 Å². The van der Waals surface area contributed by atoms with Crippen molar-refractivity contribution in [2.75, 3.05) is 18.5 Å². The minimum atomic E-state index is -0.784. The van der Waals surface area contributed by atoms with E-state index in [-0.39, 0.29) is 28.5 Å². The smallest absolute Gasteiger partial charge is 0.341 e. The van der Waals surface area contributed by atoms with E-state index in [2.05, 4.69) is 5.32 Å². The Morgan fingerprint density at radius 1 is 1.14 bits per heavy atom. The van der Waals surface area contributed by atoms with E-state index in [0.717, 1.165) is 23.7 Å². The molecule has 0 aliphatic rings. The van der Waals surface area contributed by atoms with E-state index in [1.807, 2.05) is 0 Å². The Bertz CT molecular complexity index is 919. The predicted octanol–water partition coefficient (Wildman–Crippen LogP) is 1.86. The molecule has 0 radical (unpaired) electrons. The number of amides is 1. The van der Waals surface area contributed by atoms with Crippen LogP contribution in [-0.4, -0.2) is 36.8 Å². The number of rotatable bonds is 7. The van der Waals surface area contributed by atoms with E-state index < -0.39 is 24.5 Å². The third-order valence-electron chi connectivity index (χ3n) is 3.57. The predicted molar refractivity (Wildman–Crippen MR) is 99.3 cm³/mol. The van der Waals surface area contributed by atoms with Crippen molar-refractivity contribution in [1.82, 2.24) is 0 Å². The number of ketones is 1. The van der Waals surface area contributed by atoms with Crippen LogP contribution in [0.3, 0.4) is 0 Å². The van der Waals surface area contributed by atoms with Crippen molar-refractivity contribution in [2.45, 2.75) is 20.8 Å². The highest BCUT2D eigenvalue weighted by Crippen LogP contribution is 2.34. The van der Waals surface area contributed by atoms with Gasteiger partial charge in [-0.25, -0.2) is 9.59 Å². The van der Waals surface area contributed by atoms with Gasteiger partial charge in [-0.05, 0) is 26.3 Å². The first-order valence-electron chi connectivity index (χ1n) is 8.21. The maximum Gasteiger partial charge on any atom is 0.341 e. The minimum absolute atomic E-state index is 0.0970. The third kappa shape index (κ3) is 4.92. The van der Waals surface area contributed by atoms with Crippen LogP contribution in [0.2, 0.25) is 0 Å². The summed E-state index contributed by atoms with van der Waals surface area (Å²) in [5, 5.41) is 13.6. The Balaban J connectivity index is 2.11. The van der Waals surface area contributed by atoms with Crippen LogP contribution in [0.1, 0.15) is 49.8 Å². The number of ether oxygens (including phenoxy) is 2. The van der Waals surface area contributed by atoms with Crippen LogP contribution < -0.4 is 10.0 Å². The number of aromatic nitrogens is 1. The first-order valence-corrected chi connectivity index (χ1v) is 9.03. The Hall–Kier alpha value is -3.27. The van der Waals surface area contributed by atoms with E-state index >= 15 is 0 Å². The highest BCUT2D eigenvalue weighted by Gasteiger charge is 2.25. The van der Waals surface area contributed by atoms with E-state index in [0.29, 0.717) is 15.2 Å². The number of carbonyl (C=O) groups is 4. The van der Waals surface area contributed by atoms with Crippen molar-refractivity contribution in [2.24, 2.45) is 0 Å². The average molecular weight is 406 g/mol. The minimum Gasteiger partial charge on any atom is -0.619 e. The van der Waals surface area contributed by atoms with Crippen LogP contribution in [0.5, 0.6) is 0 Å². The van der Waals surface area contributed by atoms with Crippen LogP contribution in [0.25, 0.3) is 0 Å². The molecule has 2 heterocycles. The second-order valence-electron chi connectivity index (χ2n) is 5.61. The fourth-order valence-electron chi connectivity index (χ4n) is 2.31. The molecule has 28 heavy (non-hydrogen) atoms. The summed E-state index contributed by atoms with van der Waals surface area (Å²) in [6.07, 6.45) is 2.25. The van der Waals surface area contributed by atoms with Gasteiger partial charge in [0.05, 0.1) is 22.6 Å². The van der Waals surface area contributed by atoms with Gasteiger partial charge in [0.1, 0.15) is 5.00 Å². The number of esters is 2. The fourth-order valence-corrected chi connectivity index (χ4v) is 3.42. The van der Waals surface area contributed by atoms with Crippen LogP contribution in [0.4, 0.5) is 5.00 Å². The normalized spacial score (nSPS) is 10.2. The van der Waals surface area contributed by atoms with Gasteiger partial charge < -0.3 is 20.0 Å². The van der Waals surface area contributed by atoms with E-state index in [1.165, 1.54) is 19.1 Å². The van der Waals surface area contributed by atoms with E-state index in [4.69, 9.17) is 9.47 Å². The Kier molecular flexibility index (Phi) is 6.83. The lowest BCUT2D eigenvalue weighted by atomic mass is 10.1. The zero-order valence-corrected chi connectivity index (χ0v) is 16.3. The molecule has 2 rings (SSSR count). The Morgan fingerprint density at radius 2 is 1.79 bits per heavy atom. The van der Waals surface area contributed by atoms with Gasteiger partial charge in [0.15, 0.2) is 24.8 Å². The van der Waals surface area contributed by atoms with Gasteiger partial charge >= 0.3 is 11.9 Å². The molecule has 2 aromatic heterocycles. The summed E-state index contributed by atoms with van der Waals surface area (Å²) in [5.74, 6) is -2.39. The van der Waals surface area contributed by atoms with Gasteiger partial charge in [-0.3, -0.25) is 9.59 Å². The van der Waals surface area contributed by atoms with Crippen molar-refractivity contribution in [3.8, 4) is 0 Å². The standard InChI is InChI=1S/C18H18N2O7S/c1-4-26-18(24)14-10(2)15(11(3)21)28-16(14)19-13(22)9-27-17(23)12-5-7-20(25)8-6-12/h5-8H,4,9H2,1-3H3,(H,19,22). The monoisotopic (exact) mass is 406 g/mol. The van der Waals surface area contributed by atoms with Crippen LogP contribution in [0.15, 0.2) is 24.5 Å². The van der Waals surface area contributed by atoms with Gasteiger partial charge in [-0.1, -0.05) is 0 Å². The number of carbonyl (C=O) groups excluding carboxylic acids is 4. The highest BCUT2D eigenvalue weighted by molar-refractivity contribution is 7.18. The number of hydrogen-bond donors (Lipinski definition) is 1. The zero-order chi connectivity index (χ0) is 20.8. The lowest BCUT2D eigenvalue weighted by Gasteiger charge is -2.08. The molecule has 1 N–H and O–H groups in total. The van der Waals surface area contributed by atoms with Crippen molar-refractivity contribution < 1.29 is 33.4 Å². The molecule has 0 saturated heterocycles. The fraction of sp³-hybridized carbons (Fsp3) is 0.278. The van der Waals surface area contributed by atoms with Gasteiger partial charge in [0.25, 0.3) is 5.91 Å². The lowest BCUT2D eigenvalue weighted by molar-refractivity contribution is -0.605. The maximum atomic E-state index is 12.2. The molecular weight excluding hydrogens is 388 g/mol. The summed E-state index contributed by atoms with van der Waals surface area (Å²) in [7, 11) is 0. The summed E-state index contributed by atoms with van der Waals surface area (Å²) in [6, 6.07) is 2.52. The molecule has 9 nitrogen and oxygen atoms in total. The quantitative estimate of drug-likeness (QED) is 0.322. The molecule has 0 bridgehead atoms. The van der Waals surface area contributed by atoms with Crippen molar-refractivity contribution in [3.63, 3.8) is 0 Å². The second-order valence-corrected chi connectivity index (χ2v) is 6.63. The zero-order valence-electron chi connectivity index (χ0n) is 15.4. The molecule has 0 saturated carbocycles. The molecule has 10 heteroatoms. The Labute approximate surface area is 164 Å². The van der Waals surface area contributed by atoms with E-state index in [1.54, 1.807) is 13.8 Å². The summed E-state index contributed by atoms with van der Waals surface area (Å²) < 4.78 is 10.4. The van der Waals surface area contributed by atoms with Crippen molar-refractivity contribution in [1.29, 1.82) is 0 Å². The number of thiophene rings is 1. The Morgan fingerprint density at radius 3 is 2.36 bits per heavy atom. The number of Topliss-reactive ketones (excluding diaryl/α,β-unsaturated/α-hetero) is 1. The molecule has 0 fully saturated rings. The number of nitrogens with zero attached hydrogens (tertiary/aromatic N) is 1. The summed E-state index contributed by atoms with van der Waals surface area (Å²) in [5.41, 5.74) is 0.621. The first-order chi connectivity index (χ1) is 13.2. The number of hydrogen-bond acceptors (Lipinski definition) is 8. The molecule has 0 aromatic carbocycles. The van der Waals surface area contributed by atoms with Crippen LogP contribution in [-0.2, 0) is 14.3 Å². The van der Waals surface area contributed by atoms with Gasteiger partial charge in [0.2, 0.25) is 0 Å². The van der Waals surface area contributed by atoms with Crippen molar-refractivity contribution in [3.05, 3.63) is 51.3 Å². The summed E-state index contributed by atoms with van der Waals surface area (Å²) in [6.45, 7) is 4.11.